The van der Waals surface area contributed by atoms with Gasteiger partial charge in [0.1, 0.15) is 12.4 Å². The molecule has 0 saturated heterocycles. The summed E-state index contributed by atoms with van der Waals surface area (Å²) in [5, 5.41) is 8.80. The highest BCUT2D eigenvalue weighted by Crippen LogP contribution is 2.09. The number of rotatable bonds is 5. The average molecular weight is 286 g/mol. The van der Waals surface area contributed by atoms with Crippen LogP contribution >= 0.6 is 0 Å². The fraction of sp³-hybridized carbons (Fsp3) is 0.250. The molecule has 21 heavy (non-hydrogen) atoms. The molecular weight excluding hydrogens is 271 g/mol. The molecule has 0 N–H and O–H groups in total. The van der Waals surface area contributed by atoms with Crippen LogP contribution in [0.25, 0.3) is 0 Å². The van der Waals surface area contributed by atoms with Gasteiger partial charge in [-0.15, -0.1) is 0 Å². The summed E-state index contributed by atoms with van der Waals surface area (Å²) in [4.78, 5) is 12.2. The van der Waals surface area contributed by atoms with E-state index in [1.54, 1.807) is 37.4 Å². The molecule has 0 bridgehead atoms. The van der Waals surface area contributed by atoms with Crippen LogP contribution in [0.2, 0.25) is 0 Å². The maximum absolute atomic E-state index is 12.8. The Hall–Kier alpha value is -2.61. The number of hydrogen-bond acceptors (Lipinski definition) is 3. The van der Waals surface area contributed by atoms with E-state index in [1.165, 1.54) is 16.7 Å². The summed E-state index contributed by atoms with van der Waals surface area (Å²) in [7, 11) is 0. The van der Waals surface area contributed by atoms with Gasteiger partial charge in [0.05, 0.1) is 12.0 Å². The number of halogens is 1. The second-order valence-electron chi connectivity index (χ2n) is 4.78. The zero-order chi connectivity index (χ0) is 15.2. The third-order valence-electron chi connectivity index (χ3n) is 2.98. The van der Waals surface area contributed by atoms with Gasteiger partial charge in [0, 0.05) is 12.7 Å². The van der Waals surface area contributed by atoms with Crippen LogP contribution in [0.3, 0.4) is 0 Å². The monoisotopic (exact) mass is 286 g/mol. The van der Waals surface area contributed by atoms with Crippen LogP contribution in [0, 0.1) is 23.1 Å². The number of benzene rings is 1. The van der Waals surface area contributed by atoms with Crippen LogP contribution in [0.15, 0.2) is 47.4 Å². The molecular formula is C16H15FN2O2. The molecule has 1 aromatic heterocycles. The molecule has 108 valence electrons. The number of aromatic nitrogens is 1. The van der Waals surface area contributed by atoms with Crippen LogP contribution in [0.5, 0.6) is 5.75 Å². The Kier molecular flexibility index (Phi) is 4.72. The number of hydrogen-bond donors (Lipinski definition) is 0. The van der Waals surface area contributed by atoms with E-state index in [0.717, 1.165) is 5.56 Å². The third kappa shape index (κ3) is 3.93. The van der Waals surface area contributed by atoms with Crippen LogP contribution in [0.1, 0.15) is 12.5 Å². The number of ether oxygens (including phenoxy) is 1. The quantitative estimate of drug-likeness (QED) is 0.849. The molecule has 0 aliphatic heterocycles. The predicted molar refractivity (Wildman–Crippen MR) is 76.2 cm³/mol. The zero-order valence-corrected chi connectivity index (χ0v) is 11.6. The molecule has 1 unspecified atom stereocenters. The van der Waals surface area contributed by atoms with Gasteiger partial charge in [-0.2, -0.15) is 5.26 Å². The van der Waals surface area contributed by atoms with Crippen LogP contribution in [-0.2, 0) is 13.2 Å². The first-order chi connectivity index (χ1) is 10.1. The van der Waals surface area contributed by atoms with E-state index in [2.05, 4.69) is 6.07 Å². The molecule has 0 fully saturated rings. The van der Waals surface area contributed by atoms with Crippen LogP contribution < -0.4 is 10.3 Å². The molecule has 0 amide bonds. The molecule has 1 atom stereocenters. The second kappa shape index (κ2) is 6.71. The van der Waals surface area contributed by atoms with Crippen molar-refractivity contribution in [1.82, 2.24) is 4.57 Å². The van der Waals surface area contributed by atoms with Gasteiger partial charge >= 0.3 is 0 Å². The van der Waals surface area contributed by atoms with Crippen molar-refractivity contribution < 1.29 is 9.13 Å². The van der Waals surface area contributed by atoms with Crippen molar-refractivity contribution in [2.45, 2.75) is 20.1 Å². The molecule has 1 aromatic carbocycles. The van der Waals surface area contributed by atoms with Crippen LogP contribution in [0.4, 0.5) is 4.39 Å². The van der Waals surface area contributed by atoms with Crippen molar-refractivity contribution in [3.05, 3.63) is 64.3 Å². The smallest absolute Gasteiger partial charge is 0.292 e. The van der Waals surface area contributed by atoms with Gasteiger partial charge in [0.25, 0.3) is 5.56 Å². The molecule has 2 aromatic rings. The summed E-state index contributed by atoms with van der Waals surface area (Å²) < 4.78 is 19.7. The van der Waals surface area contributed by atoms with Crippen molar-refractivity contribution in [2.75, 3.05) is 0 Å². The first-order valence-corrected chi connectivity index (χ1v) is 6.56. The van der Waals surface area contributed by atoms with Crippen molar-refractivity contribution in [3.8, 4) is 11.8 Å². The first-order valence-electron chi connectivity index (χ1n) is 6.56. The van der Waals surface area contributed by atoms with E-state index in [9.17, 15) is 9.18 Å². The standard InChI is InChI=1S/C16H15FN2O2/c1-12(9-18)10-19-8-2-3-15(16(19)20)21-11-13-4-6-14(17)7-5-13/h2-8,12H,10-11H2,1H3. The van der Waals surface area contributed by atoms with Crippen molar-refractivity contribution in [2.24, 2.45) is 5.92 Å². The highest BCUT2D eigenvalue weighted by atomic mass is 19.1. The minimum atomic E-state index is -0.314. The summed E-state index contributed by atoms with van der Waals surface area (Å²) in [6.07, 6.45) is 1.63. The fourth-order valence-electron chi connectivity index (χ4n) is 1.85. The van der Waals surface area contributed by atoms with Gasteiger partial charge in [0.15, 0.2) is 5.75 Å². The van der Waals surface area contributed by atoms with Gasteiger partial charge in [0.2, 0.25) is 0 Å². The van der Waals surface area contributed by atoms with Gasteiger partial charge in [-0.25, -0.2) is 4.39 Å². The maximum Gasteiger partial charge on any atom is 0.292 e. The Morgan fingerprint density at radius 3 is 2.71 bits per heavy atom. The predicted octanol–water partition coefficient (Wildman–Crippen LogP) is 2.73. The average Bonchev–Trinajstić information content (AvgIpc) is 2.49. The van der Waals surface area contributed by atoms with Crippen molar-refractivity contribution in [3.63, 3.8) is 0 Å². The molecule has 1 heterocycles. The Bertz CT molecular complexity index is 701. The summed E-state index contributed by atoms with van der Waals surface area (Å²) in [6.45, 7) is 2.26. The van der Waals surface area contributed by atoms with E-state index in [4.69, 9.17) is 10.00 Å². The van der Waals surface area contributed by atoms with E-state index < -0.39 is 0 Å². The van der Waals surface area contributed by atoms with Crippen LogP contribution in [-0.4, -0.2) is 4.57 Å². The lowest BCUT2D eigenvalue weighted by molar-refractivity contribution is 0.298. The van der Waals surface area contributed by atoms with E-state index in [1.807, 2.05) is 0 Å². The Labute approximate surface area is 122 Å². The Morgan fingerprint density at radius 1 is 1.33 bits per heavy atom. The van der Waals surface area contributed by atoms with E-state index in [0.29, 0.717) is 6.54 Å². The van der Waals surface area contributed by atoms with Gasteiger partial charge in [-0.05, 0) is 36.8 Å². The highest BCUT2D eigenvalue weighted by Gasteiger charge is 2.07. The lowest BCUT2D eigenvalue weighted by Crippen LogP contribution is -2.23. The second-order valence-corrected chi connectivity index (χ2v) is 4.78. The zero-order valence-electron chi connectivity index (χ0n) is 11.6. The van der Waals surface area contributed by atoms with Crippen molar-refractivity contribution in [1.29, 1.82) is 5.26 Å². The molecule has 4 nitrogen and oxygen atoms in total. The van der Waals surface area contributed by atoms with Crippen molar-refractivity contribution >= 4 is 0 Å². The number of pyridine rings is 1. The maximum atomic E-state index is 12.8. The molecule has 0 spiro atoms. The largest absolute Gasteiger partial charge is 0.483 e. The first kappa shape index (κ1) is 14.8. The molecule has 0 aliphatic carbocycles. The van der Waals surface area contributed by atoms with Gasteiger partial charge in [-0.1, -0.05) is 12.1 Å². The Balaban J connectivity index is 2.10. The molecule has 0 saturated carbocycles. The summed E-state index contributed by atoms with van der Waals surface area (Å²) >= 11 is 0. The number of nitriles is 1. The fourth-order valence-corrected chi connectivity index (χ4v) is 1.85. The minimum Gasteiger partial charge on any atom is -0.483 e. The normalized spacial score (nSPS) is 11.7. The highest BCUT2D eigenvalue weighted by molar-refractivity contribution is 5.20. The minimum absolute atomic E-state index is 0.188. The molecule has 2 rings (SSSR count). The third-order valence-corrected chi connectivity index (χ3v) is 2.98. The lowest BCUT2D eigenvalue weighted by Gasteiger charge is -2.10. The van der Waals surface area contributed by atoms with Gasteiger partial charge < -0.3 is 9.30 Å². The van der Waals surface area contributed by atoms with E-state index >= 15 is 0 Å². The summed E-state index contributed by atoms with van der Waals surface area (Å²) in [6, 6.07) is 11.3. The SMILES string of the molecule is CC(C#N)Cn1cccc(OCc2ccc(F)cc2)c1=O. The molecule has 0 aliphatic rings. The summed E-state index contributed by atoms with van der Waals surface area (Å²) in [5.41, 5.74) is 0.498. The number of nitrogens with zero attached hydrogens (tertiary/aromatic N) is 2. The summed E-state index contributed by atoms with van der Waals surface area (Å²) in [5.74, 6) is -0.353. The Morgan fingerprint density at radius 2 is 2.05 bits per heavy atom. The van der Waals surface area contributed by atoms with E-state index in [-0.39, 0.29) is 29.7 Å². The molecule has 0 radical (unpaired) electrons. The van der Waals surface area contributed by atoms with Gasteiger partial charge in [-0.3, -0.25) is 4.79 Å². The molecule has 5 heteroatoms. The topological polar surface area (TPSA) is 55.0 Å². The lowest BCUT2D eigenvalue weighted by atomic mass is 10.2.